The molecule has 0 unspecified atom stereocenters. The Morgan fingerprint density at radius 2 is 2.09 bits per heavy atom. The summed E-state index contributed by atoms with van der Waals surface area (Å²) in [5.41, 5.74) is 0.913. The van der Waals surface area contributed by atoms with Gasteiger partial charge in [0.05, 0.1) is 5.69 Å². The molecular weight excluding hydrogens is 306 g/mol. The first-order chi connectivity index (χ1) is 10.4. The zero-order valence-corrected chi connectivity index (χ0v) is 13.0. The van der Waals surface area contributed by atoms with Crippen molar-refractivity contribution in [2.75, 3.05) is 6.54 Å². The van der Waals surface area contributed by atoms with Gasteiger partial charge < -0.3 is 10.0 Å². The van der Waals surface area contributed by atoms with Gasteiger partial charge in [-0.1, -0.05) is 17.7 Å². The predicted octanol–water partition coefficient (Wildman–Crippen LogP) is 2.46. The summed E-state index contributed by atoms with van der Waals surface area (Å²) in [6.45, 7) is 3.16. The largest absolute Gasteiger partial charge is 0.480 e. The number of aliphatic carboxylic acids is 1. The topological polar surface area (TPSA) is 75.4 Å². The molecule has 1 heterocycles. The van der Waals surface area contributed by atoms with Crippen molar-refractivity contribution in [3.8, 4) is 5.69 Å². The molecule has 1 N–H and O–H groups in total. The highest BCUT2D eigenvalue weighted by Crippen LogP contribution is 2.15. The number of carbonyl (C=O) groups excluding carboxylic acids is 1. The van der Waals surface area contributed by atoms with Crippen LogP contribution in [0, 0.1) is 0 Å². The van der Waals surface area contributed by atoms with Crippen molar-refractivity contribution in [1.82, 2.24) is 14.7 Å². The maximum atomic E-state index is 12.4. The molecule has 0 atom stereocenters. The molecule has 0 aliphatic rings. The summed E-state index contributed by atoms with van der Waals surface area (Å²) < 4.78 is 1.53. The highest BCUT2D eigenvalue weighted by Gasteiger charge is 2.23. The minimum absolute atomic E-state index is 0.190. The number of rotatable bonds is 5. The fraction of sp³-hybridized carbons (Fsp3) is 0.267. The molecule has 1 amide bonds. The lowest BCUT2D eigenvalue weighted by Crippen LogP contribution is -2.40. The lowest BCUT2D eigenvalue weighted by atomic mass is 10.2. The zero-order chi connectivity index (χ0) is 16.3. The van der Waals surface area contributed by atoms with Crippen LogP contribution in [0.15, 0.2) is 36.5 Å². The third-order valence-corrected chi connectivity index (χ3v) is 3.31. The molecule has 1 aromatic heterocycles. The van der Waals surface area contributed by atoms with E-state index >= 15 is 0 Å². The van der Waals surface area contributed by atoms with E-state index in [1.165, 1.54) is 9.58 Å². The maximum Gasteiger partial charge on any atom is 0.323 e. The van der Waals surface area contributed by atoms with Gasteiger partial charge in [-0.2, -0.15) is 5.10 Å². The second kappa shape index (κ2) is 6.62. The highest BCUT2D eigenvalue weighted by atomic mass is 35.5. The first-order valence-corrected chi connectivity index (χ1v) is 7.10. The van der Waals surface area contributed by atoms with E-state index in [-0.39, 0.29) is 18.3 Å². The number of aromatic nitrogens is 2. The van der Waals surface area contributed by atoms with Gasteiger partial charge in [0.1, 0.15) is 6.54 Å². The maximum absolute atomic E-state index is 12.4. The van der Waals surface area contributed by atoms with E-state index in [1.807, 2.05) is 6.07 Å². The minimum Gasteiger partial charge on any atom is -0.480 e. The summed E-state index contributed by atoms with van der Waals surface area (Å²) in [7, 11) is 0. The van der Waals surface area contributed by atoms with Crippen LogP contribution in [0.5, 0.6) is 0 Å². The Kier molecular flexibility index (Phi) is 4.82. The lowest BCUT2D eigenvalue weighted by Gasteiger charge is -2.23. The van der Waals surface area contributed by atoms with Crippen LogP contribution in [0.1, 0.15) is 24.3 Å². The number of carboxylic acids is 1. The number of halogens is 1. The molecule has 22 heavy (non-hydrogen) atoms. The van der Waals surface area contributed by atoms with Gasteiger partial charge in [-0.25, -0.2) is 4.68 Å². The van der Waals surface area contributed by atoms with Crippen molar-refractivity contribution in [1.29, 1.82) is 0 Å². The van der Waals surface area contributed by atoms with Crippen molar-refractivity contribution >= 4 is 23.5 Å². The molecule has 6 nitrogen and oxygen atoms in total. The number of carbonyl (C=O) groups is 2. The molecule has 1 aromatic carbocycles. The Labute approximate surface area is 132 Å². The molecule has 7 heteroatoms. The normalized spacial score (nSPS) is 10.7. The standard InChI is InChI=1S/C15H16ClN3O3/c1-10(2)18(9-14(20)21)15(22)13-6-7-19(17-13)12-5-3-4-11(16)8-12/h3-8,10H,9H2,1-2H3,(H,20,21). The van der Waals surface area contributed by atoms with Crippen LogP contribution >= 0.6 is 11.6 Å². The number of hydrogen-bond acceptors (Lipinski definition) is 3. The monoisotopic (exact) mass is 321 g/mol. The van der Waals surface area contributed by atoms with Gasteiger partial charge in [0.2, 0.25) is 0 Å². The van der Waals surface area contributed by atoms with Crippen LogP contribution in [0.25, 0.3) is 5.69 Å². The molecule has 0 saturated heterocycles. The van der Waals surface area contributed by atoms with Crippen LogP contribution in [0.4, 0.5) is 0 Å². The molecule has 0 spiro atoms. The molecule has 0 aliphatic carbocycles. The van der Waals surface area contributed by atoms with E-state index in [4.69, 9.17) is 16.7 Å². The van der Waals surface area contributed by atoms with Crippen LogP contribution in [-0.2, 0) is 4.79 Å². The van der Waals surface area contributed by atoms with Crippen LogP contribution in [-0.4, -0.2) is 44.3 Å². The summed E-state index contributed by atoms with van der Waals surface area (Å²) in [5, 5.41) is 13.7. The van der Waals surface area contributed by atoms with Crippen LogP contribution in [0.2, 0.25) is 5.02 Å². The molecule has 116 valence electrons. The van der Waals surface area contributed by atoms with Gasteiger partial charge in [0.25, 0.3) is 5.91 Å². The van der Waals surface area contributed by atoms with E-state index in [1.54, 1.807) is 44.3 Å². The first-order valence-electron chi connectivity index (χ1n) is 6.73. The molecular formula is C15H16ClN3O3. The smallest absolute Gasteiger partial charge is 0.323 e. The highest BCUT2D eigenvalue weighted by molar-refractivity contribution is 6.30. The molecule has 0 saturated carbocycles. The third kappa shape index (κ3) is 3.65. The van der Waals surface area contributed by atoms with Crippen molar-refractivity contribution < 1.29 is 14.7 Å². The van der Waals surface area contributed by atoms with Crippen molar-refractivity contribution in [2.45, 2.75) is 19.9 Å². The Bertz CT molecular complexity index is 697. The number of amides is 1. The molecule has 2 aromatic rings. The number of carboxylic acid groups (broad SMARTS) is 1. The van der Waals surface area contributed by atoms with Crippen molar-refractivity contribution in [3.63, 3.8) is 0 Å². The Hall–Kier alpha value is -2.34. The van der Waals surface area contributed by atoms with E-state index in [0.29, 0.717) is 5.02 Å². The van der Waals surface area contributed by atoms with Gasteiger partial charge in [-0.05, 0) is 38.1 Å². The lowest BCUT2D eigenvalue weighted by molar-refractivity contribution is -0.138. The van der Waals surface area contributed by atoms with Crippen molar-refractivity contribution in [3.05, 3.63) is 47.2 Å². The van der Waals surface area contributed by atoms with Gasteiger partial charge in [0.15, 0.2) is 5.69 Å². The Morgan fingerprint density at radius 3 is 2.68 bits per heavy atom. The average Bonchev–Trinajstić information content (AvgIpc) is 2.93. The van der Waals surface area contributed by atoms with E-state index in [9.17, 15) is 9.59 Å². The second-order valence-electron chi connectivity index (χ2n) is 5.05. The number of hydrogen-bond donors (Lipinski definition) is 1. The van der Waals surface area contributed by atoms with Crippen molar-refractivity contribution in [2.24, 2.45) is 0 Å². The molecule has 0 radical (unpaired) electrons. The summed E-state index contributed by atoms with van der Waals surface area (Å²) in [4.78, 5) is 24.5. The summed E-state index contributed by atoms with van der Waals surface area (Å²) >= 11 is 5.93. The van der Waals surface area contributed by atoms with Gasteiger partial charge in [-0.15, -0.1) is 0 Å². The van der Waals surface area contributed by atoms with E-state index < -0.39 is 11.9 Å². The summed E-state index contributed by atoms with van der Waals surface area (Å²) in [6.07, 6.45) is 1.64. The fourth-order valence-corrected chi connectivity index (χ4v) is 2.17. The van der Waals surface area contributed by atoms with Gasteiger partial charge in [0, 0.05) is 17.3 Å². The fourth-order valence-electron chi connectivity index (χ4n) is 1.98. The average molecular weight is 322 g/mol. The number of benzene rings is 1. The number of nitrogens with zero attached hydrogens (tertiary/aromatic N) is 3. The van der Waals surface area contributed by atoms with E-state index in [2.05, 4.69) is 5.10 Å². The van der Waals surface area contributed by atoms with Gasteiger partial charge in [-0.3, -0.25) is 9.59 Å². The third-order valence-electron chi connectivity index (χ3n) is 3.07. The summed E-state index contributed by atoms with van der Waals surface area (Å²) in [5.74, 6) is -1.48. The molecule has 0 aliphatic heterocycles. The zero-order valence-electron chi connectivity index (χ0n) is 12.2. The van der Waals surface area contributed by atoms with E-state index in [0.717, 1.165) is 5.69 Å². The predicted molar refractivity (Wildman–Crippen MR) is 82.4 cm³/mol. The SMILES string of the molecule is CC(C)N(CC(=O)O)C(=O)c1ccn(-c2cccc(Cl)c2)n1. The molecule has 0 fully saturated rings. The van der Waals surface area contributed by atoms with Crippen LogP contribution in [0.3, 0.4) is 0 Å². The molecule has 0 bridgehead atoms. The Morgan fingerprint density at radius 1 is 1.36 bits per heavy atom. The quantitative estimate of drug-likeness (QED) is 0.918. The second-order valence-corrected chi connectivity index (χ2v) is 5.48. The van der Waals surface area contributed by atoms with Crippen LogP contribution < -0.4 is 0 Å². The minimum atomic E-state index is -1.06. The summed E-state index contributed by atoms with van der Waals surface area (Å²) in [6, 6.07) is 8.38. The molecule has 2 rings (SSSR count). The Balaban J connectivity index is 2.26. The first kappa shape index (κ1) is 16.0. The van der Waals surface area contributed by atoms with Gasteiger partial charge >= 0.3 is 5.97 Å².